The van der Waals surface area contributed by atoms with Crippen molar-refractivity contribution in [2.45, 2.75) is 33.6 Å². The summed E-state index contributed by atoms with van der Waals surface area (Å²) in [5.41, 5.74) is 2.82. The van der Waals surface area contributed by atoms with Crippen LogP contribution in [0.1, 0.15) is 33.6 Å². The summed E-state index contributed by atoms with van der Waals surface area (Å²) in [5, 5.41) is 0.976. The molecule has 0 unspecified atom stereocenters. The molecule has 0 amide bonds. The van der Waals surface area contributed by atoms with E-state index >= 15 is 0 Å². The first-order chi connectivity index (χ1) is 5.13. The first-order valence-electron chi connectivity index (χ1n) is 4.18. The van der Waals surface area contributed by atoms with Crippen LogP contribution in [0, 0.1) is 5.92 Å². The van der Waals surface area contributed by atoms with Crippen molar-refractivity contribution >= 4 is 11.6 Å². The molecule has 1 rings (SSSR count). The van der Waals surface area contributed by atoms with Gasteiger partial charge in [-0.3, -0.25) is 0 Å². The Labute approximate surface area is 73.9 Å². The Morgan fingerprint density at radius 1 is 1.45 bits per heavy atom. The Morgan fingerprint density at radius 2 is 2.09 bits per heavy atom. The van der Waals surface area contributed by atoms with Crippen LogP contribution in [0.25, 0.3) is 0 Å². The molecular formula is C10H15Cl. The lowest BCUT2D eigenvalue weighted by molar-refractivity contribution is 0.748. The second-order valence-corrected chi connectivity index (χ2v) is 3.85. The summed E-state index contributed by atoms with van der Waals surface area (Å²) in [7, 11) is 0. The van der Waals surface area contributed by atoms with E-state index in [9.17, 15) is 0 Å². The average molecular weight is 171 g/mol. The number of halogens is 1. The molecule has 0 aromatic rings. The molecule has 0 atom stereocenters. The van der Waals surface area contributed by atoms with E-state index in [1.807, 2.05) is 0 Å². The molecule has 0 radical (unpaired) electrons. The zero-order valence-electron chi connectivity index (χ0n) is 7.45. The molecule has 0 saturated heterocycles. The zero-order valence-corrected chi connectivity index (χ0v) is 8.20. The lowest BCUT2D eigenvalue weighted by Crippen LogP contribution is -2.02. The Balaban J connectivity index is 2.94. The number of rotatable bonds is 1. The van der Waals surface area contributed by atoms with Gasteiger partial charge in [0.25, 0.3) is 0 Å². The predicted octanol–water partition coefficient (Wildman–Crippen LogP) is 3.88. The fraction of sp³-hybridized carbons (Fsp3) is 0.600. The molecule has 0 saturated carbocycles. The third kappa shape index (κ3) is 1.87. The minimum Gasteiger partial charge on any atom is -0.0844 e. The highest BCUT2D eigenvalue weighted by molar-refractivity contribution is 6.32. The summed E-state index contributed by atoms with van der Waals surface area (Å²) in [6, 6.07) is 0. The molecule has 1 aliphatic rings. The van der Waals surface area contributed by atoms with Crippen LogP contribution in [0.5, 0.6) is 0 Å². The van der Waals surface area contributed by atoms with Crippen LogP contribution in [-0.4, -0.2) is 0 Å². The van der Waals surface area contributed by atoms with E-state index in [-0.39, 0.29) is 0 Å². The van der Waals surface area contributed by atoms with Crippen molar-refractivity contribution in [3.8, 4) is 0 Å². The molecule has 62 valence electrons. The fourth-order valence-electron chi connectivity index (χ4n) is 1.63. The highest BCUT2D eigenvalue weighted by Gasteiger charge is 2.13. The van der Waals surface area contributed by atoms with Crippen molar-refractivity contribution in [1.29, 1.82) is 0 Å². The van der Waals surface area contributed by atoms with Crippen LogP contribution in [-0.2, 0) is 0 Å². The first kappa shape index (κ1) is 8.86. The molecule has 1 aliphatic carbocycles. The maximum atomic E-state index is 6.08. The molecule has 11 heavy (non-hydrogen) atoms. The van der Waals surface area contributed by atoms with Gasteiger partial charge in [-0.25, -0.2) is 0 Å². The van der Waals surface area contributed by atoms with Gasteiger partial charge in [-0.1, -0.05) is 37.1 Å². The minimum atomic E-state index is 0.569. The smallest absolute Gasteiger partial charge is 0.0400 e. The van der Waals surface area contributed by atoms with Crippen molar-refractivity contribution in [2.75, 3.05) is 0 Å². The van der Waals surface area contributed by atoms with E-state index in [1.54, 1.807) is 0 Å². The van der Waals surface area contributed by atoms with Gasteiger partial charge in [0.2, 0.25) is 0 Å². The van der Waals surface area contributed by atoms with Gasteiger partial charge in [-0.2, -0.15) is 0 Å². The second kappa shape index (κ2) is 3.44. The molecule has 0 aromatic carbocycles. The van der Waals surface area contributed by atoms with Gasteiger partial charge in [0.05, 0.1) is 0 Å². The molecule has 0 bridgehead atoms. The number of hydrogen-bond donors (Lipinski definition) is 0. The fourth-order valence-corrected chi connectivity index (χ4v) is 2.12. The highest BCUT2D eigenvalue weighted by Crippen LogP contribution is 2.32. The maximum absolute atomic E-state index is 6.08. The Bertz CT molecular complexity index is 209. The molecular weight excluding hydrogens is 156 g/mol. The molecule has 0 aromatic heterocycles. The van der Waals surface area contributed by atoms with Crippen molar-refractivity contribution in [2.24, 2.45) is 5.92 Å². The minimum absolute atomic E-state index is 0.569. The molecule has 0 N–H and O–H groups in total. The van der Waals surface area contributed by atoms with Gasteiger partial charge in [0.15, 0.2) is 0 Å². The van der Waals surface area contributed by atoms with Crippen LogP contribution < -0.4 is 0 Å². The van der Waals surface area contributed by atoms with Gasteiger partial charge < -0.3 is 0 Å². The van der Waals surface area contributed by atoms with E-state index in [4.69, 9.17) is 11.6 Å². The van der Waals surface area contributed by atoms with Gasteiger partial charge in [-0.15, -0.1) is 0 Å². The third-order valence-corrected chi connectivity index (χ3v) is 2.50. The third-order valence-electron chi connectivity index (χ3n) is 2.14. The lowest BCUT2D eigenvalue weighted by Gasteiger charge is -2.18. The average Bonchev–Trinajstić information content (AvgIpc) is 1.85. The van der Waals surface area contributed by atoms with Crippen LogP contribution in [0.3, 0.4) is 0 Å². The van der Waals surface area contributed by atoms with Gasteiger partial charge >= 0.3 is 0 Å². The van der Waals surface area contributed by atoms with Gasteiger partial charge in [0.1, 0.15) is 0 Å². The Morgan fingerprint density at radius 3 is 2.45 bits per heavy atom. The van der Waals surface area contributed by atoms with Crippen molar-refractivity contribution < 1.29 is 0 Å². The summed E-state index contributed by atoms with van der Waals surface area (Å²) in [5.74, 6) is 0.569. The van der Waals surface area contributed by atoms with E-state index in [1.165, 1.54) is 17.6 Å². The highest BCUT2D eigenvalue weighted by atomic mass is 35.5. The van der Waals surface area contributed by atoms with Crippen LogP contribution in [0.15, 0.2) is 22.3 Å². The van der Waals surface area contributed by atoms with E-state index in [0.717, 1.165) is 11.5 Å². The van der Waals surface area contributed by atoms with Crippen molar-refractivity contribution in [3.63, 3.8) is 0 Å². The Kier molecular flexibility index (Phi) is 2.78. The van der Waals surface area contributed by atoms with E-state index < -0.39 is 0 Å². The second-order valence-electron chi connectivity index (χ2n) is 3.44. The normalized spacial score (nSPS) is 19.2. The number of hydrogen-bond acceptors (Lipinski definition) is 0. The lowest BCUT2D eigenvalue weighted by atomic mass is 9.91. The summed E-state index contributed by atoms with van der Waals surface area (Å²) < 4.78 is 0. The Hall–Kier alpha value is -0.230. The molecule has 0 aliphatic heterocycles. The zero-order chi connectivity index (χ0) is 8.43. The quantitative estimate of drug-likeness (QED) is 0.561. The van der Waals surface area contributed by atoms with Gasteiger partial charge in [-0.05, 0) is 31.3 Å². The SMILES string of the molecule is CC1=C(C(C)C)C(Cl)=CCC1. The predicted molar refractivity (Wildman–Crippen MR) is 50.7 cm³/mol. The van der Waals surface area contributed by atoms with Crippen molar-refractivity contribution in [3.05, 3.63) is 22.3 Å². The van der Waals surface area contributed by atoms with Crippen molar-refractivity contribution in [1.82, 2.24) is 0 Å². The van der Waals surface area contributed by atoms with Crippen LogP contribution in [0.2, 0.25) is 0 Å². The maximum Gasteiger partial charge on any atom is 0.0400 e. The molecule has 1 heteroatoms. The summed E-state index contributed by atoms with van der Waals surface area (Å²) in [4.78, 5) is 0. The standard InChI is InChI=1S/C10H15Cl/c1-7(2)10-8(3)5-4-6-9(10)11/h6-7H,4-5H2,1-3H3. The van der Waals surface area contributed by atoms with Gasteiger partial charge in [0, 0.05) is 5.03 Å². The monoisotopic (exact) mass is 170 g/mol. The molecule has 0 spiro atoms. The van der Waals surface area contributed by atoms with Crippen LogP contribution >= 0.6 is 11.6 Å². The van der Waals surface area contributed by atoms with E-state index in [0.29, 0.717) is 5.92 Å². The largest absolute Gasteiger partial charge is 0.0844 e. The van der Waals surface area contributed by atoms with Crippen LogP contribution in [0.4, 0.5) is 0 Å². The molecule has 0 heterocycles. The number of allylic oxidation sites excluding steroid dienone is 4. The topological polar surface area (TPSA) is 0 Å². The molecule has 0 fully saturated rings. The summed E-state index contributed by atoms with van der Waals surface area (Å²) in [6.45, 7) is 6.57. The molecule has 0 nitrogen and oxygen atoms in total. The summed E-state index contributed by atoms with van der Waals surface area (Å²) >= 11 is 6.08. The summed E-state index contributed by atoms with van der Waals surface area (Å²) in [6.07, 6.45) is 4.43. The first-order valence-corrected chi connectivity index (χ1v) is 4.56. The van der Waals surface area contributed by atoms with E-state index in [2.05, 4.69) is 26.8 Å².